The third-order valence-electron chi connectivity index (χ3n) is 7.59. The molecule has 0 saturated heterocycles. The summed E-state index contributed by atoms with van der Waals surface area (Å²) in [5.74, 6) is -0.843. The van der Waals surface area contributed by atoms with Crippen molar-refractivity contribution >= 4 is 19.8 Å². The molecule has 0 aliphatic heterocycles. The third-order valence-corrected chi connectivity index (χ3v) is 8.57. The lowest BCUT2D eigenvalue weighted by atomic mass is 10.1. The topological polar surface area (TPSA) is 134 Å². The van der Waals surface area contributed by atoms with Crippen molar-refractivity contribution in [3.8, 4) is 0 Å². The predicted octanol–water partition coefficient (Wildman–Crippen LogP) is 9.66. The van der Waals surface area contributed by atoms with Crippen LogP contribution in [-0.2, 0) is 32.7 Å². The fourth-order valence-electron chi connectivity index (χ4n) is 4.84. The summed E-state index contributed by atoms with van der Waals surface area (Å²) >= 11 is 0. The van der Waals surface area contributed by atoms with Crippen molar-refractivity contribution in [2.24, 2.45) is 5.73 Å². The van der Waals surface area contributed by atoms with Gasteiger partial charge < -0.3 is 20.1 Å². The summed E-state index contributed by atoms with van der Waals surface area (Å²) in [5, 5.41) is 0. The molecule has 0 fully saturated rings. The maximum Gasteiger partial charge on any atom is 0.472 e. The normalized spacial score (nSPS) is 13.7. The second kappa shape index (κ2) is 33.4. The van der Waals surface area contributed by atoms with Crippen molar-refractivity contribution < 1.29 is 37.6 Å². The van der Waals surface area contributed by atoms with Gasteiger partial charge in [-0.3, -0.25) is 18.6 Å². The van der Waals surface area contributed by atoms with E-state index in [1.165, 1.54) is 70.6 Å². The Kier molecular flexibility index (Phi) is 32.3. The highest BCUT2D eigenvalue weighted by molar-refractivity contribution is 7.47. The van der Waals surface area contributed by atoms with Crippen LogP contribution >= 0.6 is 7.82 Å². The number of nitrogens with two attached hydrogens (primary N) is 1. The summed E-state index contributed by atoms with van der Waals surface area (Å²) in [6, 6.07) is 0. The Bertz CT molecular complexity index is 820. The molecule has 270 valence electrons. The average molecular weight is 674 g/mol. The van der Waals surface area contributed by atoms with E-state index in [2.05, 4.69) is 38.2 Å². The number of hydrogen-bond donors (Lipinski definition) is 2. The fraction of sp³-hybridized carbons (Fsp3) is 0.833. The van der Waals surface area contributed by atoms with Crippen molar-refractivity contribution in [1.82, 2.24) is 0 Å². The van der Waals surface area contributed by atoms with Crippen LogP contribution in [0.15, 0.2) is 24.3 Å². The van der Waals surface area contributed by atoms with Crippen molar-refractivity contribution in [3.63, 3.8) is 0 Å². The molecule has 2 atom stereocenters. The van der Waals surface area contributed by atoms with Crippen LogP contribution in [0.4, 0.5) is 0 Å². The number of allylic oxidation sites excluding steroid dienone is 4. The molecule has 9 nitrogen and oxygen atoms in total. The Morgan fingerprint density at radius 2 is 1.13 bits per heavy atom. The molecule has 0 radical (unpaired) electrons. The van der Waals surface area contributed by atoms with E-state index in [0.717, 1.165) is 57.8 Å². The molecule has 0 aromatic rings. The quantitative estimate of drug-likeness (QED) is 0.0296. The molecule has 0 bridgehead atoms. The number of phosphoric ester groups is 1. The minimum Gasteiger partial charge on any atom is -0.462 e. The summed E-state index contributed by atoms with van der Waals surface area (Å²) in [5.41, 5.74) is 5.31. The molecule has 3 N–H and O–H groups in total. The van der Waals surface area contributed by atoms with E-state index < -0.39 is 32.5 Å². The standard InChI is InChI=1S/C36H68NO8P/c1-3-5-7-9-11-12-13-14-15-16-17-18-19-20-21-22-23-25-27-29-36(39)45-34(33-44-46(40,41)43-31-30-37)32-42-35(38)28-26-24-10-8-6-4-2/h11-12,14-15,34H,3-10,13,16-33,37H2,1-2H3,(H,40,41)/b12-11-,15-14-. The van der Waals surface area contributed by atoms with Crippen LogP contribution in [0.3, 0.4) is 0 Å². The van der Waals surface area contributed by atoms with Gasteiger partial charge in [-0.15, -0.1) is 0 Å². The number of unbranched alkanes of at least 4 members (excludes halogenated alkanes) is 17. The van der Waals surface area contributed by atoms with Crippen LogP contribution in [0.5, 0.6) is 0 Å². The zero-order chi connectivity index (χ0) is 34.0. The summed E-state index contributed by atoms with van der Waals surface area (Å²) in [6.07, 6.45) is 32.4. The molecule has 0 heterocycles. The minimum absolute atomic E-state index is 0.0535. The molecular weight excluding hydrogens is 605 g/mol. The smallest absolute Gasteiger partial charge is 0.462 e. The first-order chi connectivity index (χ1) is 22.3. The lowest BCUT2D eigenvalue weighted by Crippen LogP contribution is -2.29. The van der Waals surface area contributed by atoms with Gasteiger partial charge >= 0.3 is 19.8 Å². The molecule has 0 aliphatic rings. The highest BCUT2D eigenvalue weighted by Crippen LogP contribution is 2.43. The highest BCUT2D eigenvalue weighted by atomic mass is 31.2. The number of carbonyl (C=O) groups excluding carboxylic acids is 2. The number of ether oxygens (including phenoxy) is 2. The molecule has 0 rings (SSSR count). The van der Waals surface area contributed by atoms with Crippen LogP contribution < -0.4 is 5.73 Å². The van der Waals surface area contributed by atoms with E-state index in [-0.39, 0.29) is 32.6 Å². The number of carbonyl (C=O) groups is 2. The first-order valence-corrected chi connectivity index (χ1v) is 19.8. The Hall–Kier alpha value is -1.51. The van der Waals surface area contributed by atoms with Gasteiger partial charge in [-0.05, 0) is 44.9 Å². The summed E-state index contributed by atoms with van der Waals surface area (Å²) in [4.78, 5) is 34.4. The van der Waals surface area contributed by atoms with Gasteiger partial charge in [0.1, 0.15) is 6.61 Å². The Morgan fingerprint density at radius 1 is 0.652 bits per heavy atom. The molecule has 0 saturated carbocycles. The van der Waals surface area contributed by atoms with Gasteiger partial charge in [-0.1, -0.05) is 128 Å². The molecule has 10 heteroatoms. The Balaban J connectivity index is 4.11. The van der Waals surface area contributed by atoms with E-state index in [1.807, 2.05) is 0 Å². The molecule has 0 amide bonds. The van der Waals surface area contributed by atoms with Crippen molar-refractivity contribution in [2.75, 3.05) is 26.4 Å². The first kappa shape index (κ1) is 44.5. The van der Waals surface area contributed by atoms with Crippen molar-refractivity contribution in [1.29, 1.82) is 0 Å². The molecule has 46 heavy (non-hydrogen) atoms. The Labute approximate surface area is 281 Å². The molecular formula is C36H68NO8P. The predicted molar refractivity (Wildman–Crippen MR) is 187 cm³/mol. The lowest BCUT2D eigenvalue weighted by Gasteiger charge is -2.19. The van der Waals surface area contributed by atoms with Crippen LogP contribution in [-0.4, -0.2) is 49.3 Å². The average Bonchev–Trinajstić information content (AvgIpc) is 3.04. The first-order valence-electron chi connectivity index (χ1n) is 18.3. The van der Waals surface area contributed by atoms with Crippen LogP contribution in [0.2, 0.25) is 0 Å². The van der Waals surface area contributed by atoms with Gasteiger partial charge in [0.25, 0.3) is 0 Å². The van der Waals surface area contributed by atoms with E-state index in [1.54, 1.807) is 0 Å². The highest BCUT2D eigenvalue weighted by Gasteiger charge is 2.25. The third kappa shape index (κ3) is 32.4. The minimum atomic E-state index is -4.36. The van der Waals surface area contributed by atoms with E-state index >= 15 is 0 Å². The zero-order valence-electron chi connectivity index (χ0n) is 29.3. The largest absolute Gasteiger partial charge is 0.472 e. The van der Waals surface area contributed by atoms with Gasteiger partial charge in [0, 0.05) is 19.4 Å². The van der Waals surface area contributed by atoms with Gasteiger partial charge in [0.05, 0.1) is 13.2 Å². The molecule has 0 aromatic carbocycles. The van der Waals surface area contributed by atoms with Gasteiger partial charge in [0.15, 0.2) is 6.10 Å². The molecule has 0 spiro atoms. The SMILES string of the molecule is CCCCC/C=C\C/C=C\CCCCCCCCCCCC(=O)OC(COC(=O)CCCCCCCC)COP(=O)(O)OCCN. The van der Waals surface area contributed by atoms with Crippen LogP contribution in [0.1, 0.15) is 162 Å². The lowest BCUT2D eigenvalue weighted by molar-refractivity contribution is -0.161. The maximum atomic E-state index is 12.5. The number of rotatable bonds is 34. The monoisotopic (exact) mass is 673 g/mol. The maximum absolute atomic E-state index is 12.5. The molecule has 0 aromatic heterocycles. The molecule has 2 unspecified atom stereocenters. The summed E-state index contributed by atoms with van der Waals surface area (Å²) in [7, 11) is -4.36. The van der Waals surface area contributed by atoms with E-state index in [0.29, 0.717) is 6.42 Å². The van der Waals surface area contributed by atoms with E-state index in [9.17, 15) is 19.0 Å². The van der Waals surface area contributed by atoms with Gasteiger partial charge in [-0.25, -0.2) is 4.57 Å². The van der Waals surface area contributed by atoms with E-state index in [4.69, 9.17) is 24.3 Å². The Morgan fingerprint density at radius 3 is 1.70 bits per heavy atom. The fourth-order valence-corrected chi connectivity index (χ4v) is 5.60. The van der Waals surface area contributed by atoms with Gasteiger partial charge in [0.2, 0.25) is 0 Å². The van der Waals surface area contributed by atoms with Crippen LogP contribution in [0, 0.1) is 0 Å². The number of hydrogen-bond acceptors (Lipinski definition) is 8. The second-order valence-corrected chi connectivity index (χ2v) is 13.5. The zero-order valence-corrected chi connectivity index (χ0v) is 30.2. The second-order valence-electron chi connectivity index (χ2n) is 12.1. The van der Waals surface area contributed by atoms with Crippen molar-refractivity contribution in [3.05, 3.63) is 24.3 Å². The molecule has 0 aliphatic carbocycles. The number of phosphoric acid groups is 1. The van der Waals surface area contributed by atoms with Gasteiger partial charge in [-0.2, -0.15) is 0 Å². The van der Waals surface area contributed by atoms with Crippen molar-refractivity contribution in [2.45, 2.75) is 168 Å². The van der Waals surface area contributed by atoms with Crippen LogP contribution in [0.25, 0.3) is 0 Å². The summed E-state index contributed by atoms with van der Waals surface area (Å²) in [6.45, 7) is 3.62. The summed E-state index contributed by atoms with van der Waals surface area (Å²) < 4.78 is 32.5. The number of esters is 2.